The van der Waals surface area contributed by atoms with Crippen LogP contribution in [0.2, 0.25) is 0 Å². The first-order valence-corrected chi connectivity index (χ1v) is 5.25. The molecule has 0 atom stereocenters. The number of nitrogens with zero attached hydrogens (tertiary/aromatic N) is 1. The van der Waals surface area contributed by atoms with Gasteiger partial charge in [0.05, 0.1) is 5.56 Å². The first-order valence-electron chi connectivity index (χ1n) is 5.25. The van der Waals surface area contributed by atoms with E-state index in [1.54, 1.807) is 12.3 Å². The summed E-state index contributed by atoms with van der Waals surface area (Å²) in [7, 11) is 0. The summed E-state index contributed by atoms with van der Waals surface area (Å²) in [6.45, 7) is 0.734. The minimum atomic E-state index is -0.124. The number of hydrogen-bond acceptors (Lipinski definition) is 3. The number of pyridine rings is 1. The summed E-state index contributed by atoms with van der Waals surface area (Å²) in [4.78, 5) is 15.5. The number of amides is 1. The number of nitrogens with two attached hydrogens (primary N) is 1. The SMILES string of the molecule is Cl.Nc1ccncc1C(=O)NCCC1CC1. The van der Waals surface area contributed by atoms with Gasteiger partial charge in [-0.25, -0.2) is 0 Å². The highest BCUT2D eigenvalue weighted by Crippen LogP contribution is 2.31. The van der Waals surface area contributed by atoms with Crippen molar-refractivity contribution in [1.82, 2.24) is 10.3 Å². The third-order valence-electron chi connectivity index (χ3n) is 2.63. The largest absolute Gasteiger partial charge is 0.398 e. The first kappa shape index (κ1) is 12.8. The summed E-state index contributed by atoms with van der Waals surface area (Å²) in [6, 6.07) is 1.63. The lowest BCUT2D eigenvalue weighted by Gasteiger charge is -2.05. The Bertz CT molecular complexity index is 366. The molecule has 2 rings (SSSR count). The normalized spacial score (nSPS) is 14.0. The molecule has 0 bridgehead atoms. The number of rotatable bonds is 4. The number of carbonyl (C=O) groups excluding carboxylic acids is 1. The van der Waals surface area contributed by atoms with Crippen LogP contribution in [0.3, 0.4) is 0 Å². The molecular weight excluding hydrogens is 226 g/mol. The molecular formula is C11H16ClN3O. The molecule has 5 heteroatoms. The molecule has 3 N–H and O–H groups in total. The Morgan fingerprint density at radius 2 is 2.31 bits per heavy atom. The lowest BCUT2D eigenvalue weighted by molar-refractivity contribution is 0.0953. The summed E-state index contributed by atoms with van der Waals surface area (Å²) in [6.07, 6.45) is 6.78. The van der Waals surface area contributed by atoms with Gasteiger partial charge in [-0.05, 0) is 18.4 Å². The van der Waals surface area contributed by atoms with Crippen molar-refractivity contribution in [3.05, 3.63) is 24.0 Å². The van der Waals surface area contributed by atoms with Gasteiger partial charge in [0.25, 0.3) is 5.91 Å². The van der Waals surface area contributed by atoms with Gasteiger partial charge in [0.15, 0.2) is 0 Å². The Morgan fingerprint density at radius 1 is 1.56 bits per heavy atom. The molecule has 1 amide bonds. The molecule has 1 fully saturated rings. The van der Waals surface area contributed by atoms with E-state index in [0.717, 1.165) is 18.9 Å². The second-order valence-electron chi connectivity index (χ2n) is 3.95. The monoisotopic (exact) mass is 241 g/mol. The smallest absolute Gasteiger partial charge is 0.254 e. The fraction of sp³-hybridized carbons (Fsp3) is 0.455. The predicted molar refractivity (Wildman–Crippen MR) is 65.6 cm³/mol. The van der Waals surface area contributed by atoms with Crippen molar-refractivity contribution in [2.45, 2.75) is 19.3 Å². The zero-order valence-electron chi connectivity index (χ0n) is 8.98. The number of halogens is 1. The molecule has 4 nitrogen and oxygen atoms in total. The van der Waals surface area contributed by atoms with Crippen LogP contribution in [0, 0.1) is 5.92 Å². The molecule has 1 aliphatic rings. The van der Waals surface area contributed by atoms with Crippen LogP contribution in [-0.4, -0.2) is 17.4 Å². The molecule has 0 saturated heterocycles. The fourth-order valence-electron chi connectivity index (χ4n) is 1.49. The van der Waals surface area contributed by atoms with Crippen molar-refractivity contribution in [2.24, 2.45) is 5.92 Å². The third-order valence-corrected chi connectivity index (χ3v) is 2.63. The Labute approximate surface area is 101 Å². The average Bonchev–Trinajstić information content (AvgIpc) is 3.02. The number of nitrogen functional groups attached to an aromatic ring is 1. The highest BCUT2D eigenvalue weighted by Gasteiger charge is 2.20. The lowest BCUT2D eigenvalue weighted by Crippen LogP contribution is -2.25. The standard InChI is InChI=1S/C11H15N3O.ClH/c12-10-4-5-13-7-9(10)11(15)14-6-3-8-1-2-8;/h4-5,7-8H,1-3,6H2,(H2,12,13)(H,14,15);1H. The summed E-state index contributed by atoms with van der Waals surface area (Å²) >= 11 is 0. The van der Waals surface area contributed by atoms with E-state index in [-0.39, 0.29) is 18.3 Å². The van der Waals surface area contributed by atoms with Crippen LogP contribution in [0.25, 0.3) is 0 Å². The molecule has 1 aliphatic carbocycles. The van der Waals surface area contributed by atoms with Crippen molar-refractivity contribution in [2.75, 3.05) is 12.3 Å². The summed E-state index contributed by atoms with van der Waals surface area (Å²) in [5, 5.41) is 2.85. The number of aromatic nitrogens is 1. The number of hydrogen-bond donors (Lipinski definition) is 2. The van der Waals surface area contributed by atoms with Gasteiger partial charge in [0.2, 0.25) is 0 Å². The second kappa shape index (κ2) is 5.70. The minimum absolute atomic E-state index is 0. The van der Waals surface area contributed by atoms with Crippen molar-refractivity contribution in [3.8, 4) is 0 Å². The maximum absolute atomic E-state index is 11.6. The van der Waals surface area contributed by atoms with Crippen LogP contribution in [0.4, 0.5) is 5.69 Å². The van der Waals surface area contributed by atoms with E-state index in [0.29, 0.717) is 11.3 Å². The number of carbonyl (C=O) groups is 1. The maximum atomic E-state index is 11.6. The molecule has 1 heterocycles. The quantitative estimate of drug-likeness (QED) is 0.842. The van der Waals surface area contributed by atoms with E-state index >= 15 is 0 Å². The first-order chi connectivity index (χ1) is 7.27. The van der Waals surface area contributed by atoms with E-state index in [1.807, 2.05) is 0 Å². The van der Waals surface area contributed by atoms with Gasteiger partial charge >= 0.3 is 0 Å². The van der Waals surface area contributed by atoms with Crippen molar-refractivity contribution in [3.63, 3.8) is 0 Å². The van der Waals surface area contributed by atoms with Crippen LogP contribution in [0.15, 0.2) is 18.5 Å². The molecule has 0 aromatic carbocycles. The van der Waals surface area contributed by atoms with Gasteiger partial charge in [-0.1, -0.05) is 12.8 Å². The van der Waals surface area contributed by atoms with E-state index in [9.17, 15) is 4.79 Å². The number of anilines is 1. The predicted octanol–water partition coefficient (Wildman–Crippen LogP) is 1.62. The van der Waals surface area contributed by atoms with Gasteiger partial charge in [-0.15, -0.1) is 12.4 Å². The Hall–Kier alpha value is -1.29. The van der Waals surface area contributed by atoms with Crippen LogP contribution < -0.4 is 11.1 Å². The molecule has 1 aromatic rings. The average molecular weight is 242 g/mol. The summed E-state index contributed by atoms with van der Waals surface area (Å²) in [5.74, 6) is 0.706. The van der Waals surface area contributed by atoms with Crippen molar-refractivity contribution < 1.29 is 4.79 Å². The van der Waals surface area contributed by atoms with E-state index < -0.39 is 0 Å². The Kier molecular flexibility index (Phi) is 4.55. The highest BCUT2D eigenvalue weighted by atomic mass is 35.5. The van der Waals surface area contributed by atoms with Crippen molar-refractivity contribution >= 4 is 24.0 Å². The van der Waals surface area contributed by atoms with Crippen LogP contribution >= 0.6 is 12.4 Å². The molecule has 0 radical (unpaired) electrons. The van der Waals surface area contributed by atoms with Crippen LogP contribution in [0.5, 0.6) is 0 Å². The molecule has 0 aliphatic heterocycles. The van der Waals surface area contributed by atoms with Crippen molar-refractivity contribution in [1.29, 1.82) is 0 Å². The maximum Gasteiger partial charge on any atom is 0.254 e. The zero-order valence-corrected chi connectivity index (χ0v) is 9.80. The van der Waals surface area contributed by atoms with Crippen LogP contribution in [0.1, 0.15) is 29.6 Å². The lowest BCUT2D eigenvalue weighted by atomic mass is 10.2. The molecule has 1 aromatic heterocycles. The zero-order chi connectivity index (χ0) is 10.7. The summed E-state index contributed by atoms with van der Waals surface area (Å²) < 4.78 is 0. The minimum Gasteiger partial charge on any atom is -0.398 e. The van der Waals surface area contributed by atoms with Gasteiger partial charge in [0, 0.05) is 24.6 Å². The van der Waals surface area contributed by atoms with E-state index in [2.05, 4.69) is 10.3 Å². The van der Waals surface area contributed by atoms with E-state index in [4.69, 9.17) is 5.73 Å². The molecule has 16 heavy (non-hydrogen) atoms. The molecule has 0 unspecified atom stereocenters. The fourth-order valence-corrected chi connectivity index (χ4v) is 1.49. The topological polar surface area (TPSA) is 68.0 Å². The van der Waals surface area contributed by atoms with E-state index in [1.165, 1.54) is 19.0 Å². The third kappa shape index (κ3) is 3.38. The summed E-state index contributed by atoms with van der Waals surface area (Å²) in [5.41, 5.74) is 6.61. The Balaban J connectivity index is 0.00000128. The van der Waals surface area contributed by atoms with Gasteiger partial charge < -0.3 is 11.1 Å². The molecule has 1 saturated carbocycles. The van der Waals surface area contributed by atoms with Crippen LogP contribution in [-0.2, 0) is 0 Å². The second-order valence-corrected chi connectivity index (χ2v) is 3.95. The van der Waals surface area contributed by atoms with Gasteiger partial charge in [-0.2, -0.15) is 0 Å². The van der Waals surface area contributed by atoms with Gasteiger partial charge in [-0.3, -0.25) is 9.78 Å². The van der Waals surface area contributed by atoms with Gasteiger partial charge in [0.1, 0.15) is 0 Å². The number of nitrogens with one attached hydrogen (secondary N) is 1. The highest BCUT2D eigenvalue weighted by molar-refractivity contribution is 5.98. The molecule has 0 spiro atoms. The molecule has 88 valence electrons. The Morgan fingerprint density at radius 3 is 2.94 bits per heavy atom.